The third-order valence-corrected chi connectivity index (χ3v) is 4.79. The average molecular weight is 369 g/mol. The number of piperidine rings is 1. The fraction of sp³-hybridized carbons (Fsp3) is 0.350. The zero-order valence-electron chi connectivity index (χ0n) is 15.4. The Hall–Kier alpha value is -2.93. The Balaban J connectivity index is 1.66. The molecule has 2 heterocycles. The van der Waals surface area contributed by atoms with Gasteiger partial charge >= 0.3 is 0 Å². The molecule has 0 aliphatic carbocycles. The lowest BCUT2D eigenvalue weighted by molar-refractivity contribution is 0.0314. The van der Waals surface area contributed by atoms with Crippen LogP contribution in [0.25, 0.3) is 0 Å². The Bertz CT molecular complexity index is 907. The molecule has 1 aliphatic rings. The van der Waals surface area contributed by atoms with Gasteiger partial charge in [-0.1, -0.05) is 18.2 Å². The molecule has 3 rings (SSSR count). The summed E-state index contributed by atoms with van der Waals surface area (Å²) in [6, 6.07) is 9.74. The molecular formula is C20H23N3O4. The topological polar surface area (TPSA) is 102 Å². The van der Waals surface area contributed by atoms with Crippen LogP contribution in [0.15, 0.2) is 41.2 Å². The standard InChI is InChI=1S/C20H23N3O4/c1-12-10-16(24)18(13(2)21-12)19(26)22-15-8-9-23(11-17(15)25)20(27)14-6-4-3-5-7-14/h3-7,10,15,17,25H,8-9,11H2,1-2H3,(H,21,24)(H,22,26)/t15-,17-/m1/s1. The van der Waals surface area contributed by atoms with Gasteiger partial charge in [0.2, 0.25) is 0 Å². The summed E-state index contributed by atoms with van der Waals surface area (Å²) in [6.45, 7) is 3.96. The number of nitrogens with zero attached hydrogens (tertiary/aromatic N) is 1. The van der Waals surface area contributed by atoms with E-state index in [9.17, 15) is 19.5 Å². The molecule has 1 aromatic heterocycles. The van der Waals surface area contributed by atoms with Crippen molar-refractivity contribution in [3.63, 3.8) is 0 Å². The molecule has 3 N–H and O–H groups in total. The Morgan fingerprint density at radius 2 is 1.93 bits per heavy atom. The lowest BCUT2D eigenvalue weighted by Crippen LogP contribution is -2.55. The van der Waals surface area contributed by atoms with Crippen molar-refractivity contribution in [3.8, 4) is 0 Å². The van der Waals surface area contributed by atoms with Crippen LogP contribution in [0.2, 0.25) is 0 Å². The van der Waals surface area contributed by atoms with Gasteiger partial charge in [-0.25, -0.2) is 0 Å². The summed E-state index contributed by atoms with van der Waals surface area (Å²) in [6.07, 6.45) is -0.492. The summed E-state index contributed by atoms with van der Waals surface area (Å²) in [5, 5.41) is 13.2. The fourth-order valence-electron chi connectivity index (χ4n) is 3.42. The van der Waals surface area contributed by atoms with Gasteiger partial charge in [0.1, 0.15) is 5.56 Å². The quantitative estimate of drug-likeness (QED) is 0.751. The summed E-state index contributed by atoms with van der Waals surface area (Å²) in [7, 11) is 0. The van der Waals surface area contributed by atoms with E-state index in [2.05, 4.69) is 10.3 Å². The normalized spacial score (nSPS) is 19.6. The first-order valence-corrected chi connectivity index (χ1v) is 8.90. The van der Waals surface area contributed by atoms with Crippen LogP contribution in [0.3, 0.4) is 0 Å². The van der Waals surface area contributed by atoms with Crippen LogP contribution in [0.1, 0.15) is 38.5 Å². The number of hydrogen-bond acceptors (Lipinski definition) is 4. The zero-order valence-corrected chi connectivity index (χ0v) is 15.4. The number of nitrogens with one attached hydrogen (secondary N) is 2. The predicted molar refractivity (Wildman–Crippen MR) is 101 cm³/mol. The summed E-state index contributed by atoms with van der Waals surface area (Å²) in [5.74, 6) is -0.661. The Labute approximate surface area is 157 Å². The highest BCUT2D eigenvalue weighted by molar-refractivity contribution is 5.96. The van der Waals surface area contributed by atoms with Gasteiger partial charge in [-0.2, -0.15) is 0 Å². The van der Waals surface area contributed by atoms with Gasteiger partial charge in [-0.15, -0.1) is 0 Å². The summed E-state index contributed by atoms with van der Waals surface area (Å²) in [5.41, 5.74) is 1.43. The number of aliphatic hydroxyl groups excluding tert-OH is 1. The number of aromatic nitrogens is 1. The van der Waals surface area contributed by atoms with Gasteiger partial charge in [0.25, 0.3) is 11.8 Å². The van der Waals surface area contributed by atoms with E-state index in [4.69, 9.17) is 0 Å². The van der Waals surface area contributed by atoms with E-state index in [0.717, 1.165) is 0 Å². The van der Waals surface area contributed by atoms with Crippen LogP contribution < -0.4 is 10.7 Å². The van der Waals surface area contributed by atoms with Crippen LogP contribution >= 0.6 is 0 Å². The molecule has 0 bridgehead atoms. The van der Waals surface area contributed by atoms with Crippen LogP contribution in [0, 0.1) is 13.8 Å². The highest BCUT2D eigenvalue weighted by Crippen LogP contribution is 2.15. The molecular weight excluding hydrogens is 346 g/mol. The first-order chi connectivity index (χ1) is 12.9. The molecule has 27 heavy (non-hydrogen) atoms. The number of amides is 2. The molecule has 0 spiro atoms. The highest BCUT2D eigenvalue weighted by atomic mass is 16.3. The van der Waals surface area contributed by atoms with E-state index in [1.807, 2.05) is 6.07 Å². The molecule has 0 radical (unpaired) electrons. The monoisotopic (exact) mass is 369 g/mol. The van der Waals surface area contributed by atoms with E-state index in [0.29, 0.717) is 29.9 Å². The molecule has 1 aliphatic heterocycles. The molecule has 7 heteroatoms. The number of hydrogen-bond donors (Lipinski definition) is 3. The van der Waals surface area contributed by atoms with Crippen molar-refractivity contribution in [3.05, 3.63) is 69.1 Å². The number of aryl methyl sites for hydroxylation is 2. The summed E-state index contributed by atoms with van der Waals surface area (Å²) < 4.78 is 0. The predicted octanol–water partition coefficient (Wildman–Crippen LogP) is 0.997. The van der Waals surface area contributed by atoms with Gasteiger partial charge in [0, 0.05) is 36.1 Å². The van der Waals surface area contributed by atoms with Crippen molar-refractivity contribution in [2.45, 2.75) is 32.4 Å². The van der Waals surface area contributed by atoms with Gasteiger partial charge in [-0.3, -0.25) is 14.4 Å². The van der Waals surface area contributed by atoms with Crippen molar-refractivity contribution in [1.82, 2.24) is 15.2 Å². The minimum atomic E-state index is -0.903. The van der Waals surface area contributed by atoms with E-state index in [1.54, 1.807) is 43.0 Å². The third kappa shape index (κ3) is 4.09. The number of carbonyl (C=O) groups excluding carboxylic acids is 2. The smallest absolute Gasteiger partial charge is 0.257 e. The fourth-order valence-corrected chi connectivity index (χ4v) is 3.42. The Morgan fingerprint density at radius 3 is 2.56 bits per heavy atom. The zero-order chi connectivity index (χ0) is 19.6. The number of carbonyl (C=O) groups is 2. The van der Waals surface area contributed by atoms with Gasteiger partial charge in [-0.05, 0) is 32.4 Å². The maximum atomic E-state index is 12.5. The molecule has 1 fully saturated rings. The first-order valence-electron chi connectivity index (χ1n) is 8.90. The second-order valence-corrected chi connectivity index (χ2v) is 6.87. The SMILES string of the molecule is Cc1cc(=O)c(C(=O)N[C@@H]2CCN(C(=O)c3ccccc3)C[C@H]2O)c(C)[nH]1. The molecule has 0 saturated carbocycles. The maximum absolute atomic E-state index is 12.5. The second kappa shape index (κ2) is 7.75. The van der Waals surface area contributed by atoms with Crippen molar-refractivity contribution < 1.29 is 14.7 Å². The first kappa shape index (κ1) is 18.8. The van der Waals surface area contributed by atoms with E-state index in [1.165, 1.54) is 6.07 Å². The highest BCUT2D eigenvalue weighted by Gasteiger charge is 2.32. The number of pyridine rings is 1. The van der Waals surface area contributed by atoms with Crippen LogP contribution in [0.4, 0.5) is 0 Å². The molecule has 2 aromatic rings. The van der Waals surface area contributed by atoms with Crippen LogP contribution in [-0.2, 0) is 0 Å². The second-order valence-electron chi connectivity index (χ2n) is 6.87. The Morgan fingerprint density at radius 1 is 1.22 bits per heavy atom. The third-order valence-electron chi connectivity index (χ3n) is 4.79. The lowest BCUT2D eigenvalue weighted by Gasteiger charge is -2.36. The molecule has 1 aromatic carbocycles. The van der Waals surface area contributed by atoms with Gasteiger partial charge in [0.15, 0.2) is 5.43 Å². The maximum Gasteiger partial charge on any atom is 0.257 e. The molecule has 1 saturated heterocycles. The van der Waals surface area contributed by atoms with Crippen LogP contribution in [-0.4, -0.2) is 52.0 Å². The van der Waals surface area contributed by atoms with Crippen molar-refractivity contribution >= 4 is 11.8 Å². The average Bonchev–Trinajstić information content (AvgIpc) is 2.62. The van der Waals surface area contributed by atoms with Crippen molar-refractivity contribution in [2.24, 2.45) is 0 Å². The number of aliphatic hydroxyl groups is 1. The number of likely N-dealkylation sites (tertiary alicyclic amines) is 1. The molecule has 142 valence electrons. The van der Waals surface area contributed by atoms with Gasteiger partial charge in [0.05, 0.1) is 12.1 Å². The molecule has 7 nitrogen and oxygen atoms in total. The minimum absolute atomic E-state index is 0.0515. The number of rotatable bonds is 3. The van der Waals surface area contributed by atoms with E-state index >= 15 is 0 Å². The molecule has 2 atom stereocenters. The summed E-state index contributed by atoms with van der Waals surface area (Å²) >= 11 is 0. The van der Waals surface area contributed by atoms with Crippen LogP contribution in [0.5, 0.6) is 0 Å². The Kier molecular flexibility index (Phi) is 5.41. The largest absolute Gasteiger partial charge is 0.389 e. The number of β-amino-alcohol motifs (C(OH)–C–C–N with tert-alkyl or cyclic N) is 1. The van der Waals surface area contributed by atoms with Gasteiger partial charge < -0.3 is 20.3 Å². The van der Waals surface area contributed by atoms with Crippen molar-refractivity contribution in [2.75, 3.05) is 13.1 Å². The van der Waals surface area contributed by atoms with E-state index in [-0.39, 0.29) is 23.4 Å². The molecule has 0 unspecified atom stereocenters. The molecule has 2 amide bonds. The number of benzene rings is 1. The van der Waals surface area contributed by atoms with Crippen molar-refractivity contribution in [1.29, 1.82) is 0 Å². The number of aromatic amines is 1. The minimum Gasteiger partial charge on any atom is -0.389 e. The van der Waals surface area contributed by atoms with E-state index < -0.39 is 18.1 Å². The number of H-pyrrole nitrogens is 1. The lowest BCUT2D eigenvalue weighted by atomic mass is 10.00. The summed E-state index contributed by atoms with van der Waals surface area (Å²) in [4.78, 5) is 41.7.